The maximum Gasteiger partial charge on any atom is 0.338 e. The molecule has 2 aromatic carbocycles. The van der Waals surface area contributed by atoms with Gasteiger partial charge in [-0.25, -0.2) is 13.2 Å². The van der Waals surface area contributed by atoms with Crippen molar-refractivity contribution >= 4 is 38.2 Å². The zero-order chi connectivity index (χ0) is 28.1. The van der Waals surface area contributed by atoms with Gasteiger partial charge in [0.25, 0.3) is 5.91 Å². The number of sulfone groups is 1. The van der Waals surface area contributed by atoms with Crippen molar-refractivity contribution in [3.05, 3.63) is 59.7 Å². The average Bonchev–Trinajstić information content (AvgIpc) is 3.74. The molecule has 3 aromatic rings. The summed E-state index contributed by atoms with van der Waals surface area (Å²) < 4.78 is 47.6. The number of rotatable bonds is 11. The van der Waals surface area contributed by atoms with Crippen LogP contribution in [0.3, 0.4) is 0 Å². The van der Waals surface area contributed by atoms with E-state index in [2.05, 4.69) is 15.5 Å². The lowest BCUT2D eigenvalue weighted by Gasteiger charge is -2.27. The average molecular weight is 588 g/mol. The zero-order valence-electron chi connectivity index (χ0n) is 21.8. The lowest BCUT2D eigenvalue weighted by molar-refractivity contribution is -0.136. The topological polar surface area (TPSA) is 143 Å². The van der Waals surface area contributed by atoms with Crippen molar-refractivity contribution in [2.75, 3.05) is 25.1 Å². The Balaban J connectivity index is 1.29. The molecule has 1 aliphatic heterocycles. The van der Waals surface area contributed by atoms with Crippen molar-refractivity contribution in [1.29, 1.82) is 0 Å². The third-order valence-corrected chi connectivity index (χ3v) is 9.39. The fraction of sp³-hybridized carbons (Fsp3) is 0.407. The normalized spacial score (nSPS) is 16.7. The van der Waals surface area contributed by atoms with Crippen LogP contribution in [0.2, 0.25) is 0 Å². The van der Waals surface area contributed by atoms with E-state index in [-0.39, 0.29) is 33.2 Å². The Morgan fingerprint density at radius 2 is 1.82 bits per heavy atom. The number of hydrogen-bond donors (Lipinski definition) is 1. The molecule has 212 valence electrons. The molecule has 0 radical (unpaired) electrons. The van der Waals surface area contributed by atoms with Gasteiger partial charge in [0.2, 0.25) is 5.13 Å². The summed E-state index contributed by atoms with van der Waals surface area (Å²) in [4.78, 5) is 25.6. The van der Waals surface area contributed by atoms with Crippen LogP contribution >= 0.6 is 11.3 Å². The molecule has 13 heteroatoms. The van der Waals surface area contributed by atoms with Crippen LogP contribution in [0.15, 0.2) is 53.4 Å². The summed E-state index contributed by atoms with van der Waals surface area (Å²) in [7, 11) is -3.35. The summed E-state index contributed by atoms with van der Waals surface area (Å²) in [5.74, 6) is -0.579. The lowest BCUT2D eigenvalue weighted by atomic mass is 10.1. The molecule has 1 aromatic heterocycles. The Morgan fingerprint density at radius 1 is 1.07 bits per heavy atom. The van der Waals surface area contributed by atoms with E-state index < -0.39 is 27.8 Å². The first kappa shape index (κ1) is 28.1. The number of ether oxygens (including phenoxy) is 4. The highest BCUT2D eigenvalue weighted by Crippen LogP contribution is 2.35. The zero-order valence-corrected chi connectivity index (χ0v) is 23.4. The molecule has 0 spiro atoms. The number of aromatic nitrogens is 2. The van der Waals surface area contributed by atoms with Crippen LogP contribution < -0.4 is 10.1 Å². The SMILES string of the molecule is CCOC(=O)c1cccc(Oc2nnc(NC(=O)C(OC3CCOCC3)c3ccc(S(=O)(=O)C4CC4)cc3)s2)c1. The van der Waals surface area contributed by atoms with E-state index >= 15 is 0 Å². The largest absolute Gasteiger partial charge is 0.462 e. The molecule has 1 saturated carbocycles. The van der Waals surface area contributed by atoms with E-state index in [1.807, 2.05) is 0 Å². The van der Waals surface area contributed by atoms with Gasteiger partial charge in [-0.15, -0.1) is 5.10 Å². The molecule has 1 amide bonds. The smallest absolute Gasteiger partial charge is 0.338 e. The first-order valence-electron chi connectivity index (χ1n) is 13.0. The van der Waals surface area contributed by atoms with E-state index in [1.165, 1.54) is 18.2 Å². The quantitative estimate of drug-likeness (QED) is 0.322. The molecule has 1 unspecified atom stereocenters. The maximum absolute atomic E-state index is 13.4. The van der Waals surface area contributed by atoms with Crippen molar-refractivity contribution in [3.63, 3.8) is 0 Å². The summed E-state index contributed by atoms with van der Waals surface area (Å²) >= 11 is 1.01. The molecule has 1 aliphatic carbocycles. The third kappa shape index (κ3) is 6.84. The summed E-state index contributed by atoms with van der Waals surface area (Å²) in [5, 5.41) is 10.7. The highest BCUT2D eigenvalue weighted by atomic mass is 32.2. The van der Waals surface area contributed by atoms with Crippen molar-refractivity contribution in [3.8, 4) is 10.9 Å². The van der Waals surface area contributed by atoms with E-state index in [0.29, 0.717) is 55.8 Å². The van der Waals surface area contributed by atoms with Gasteiger partial charge in [-0.3, -0.25) is 10.1 Å². The number of carbonyl (C=O) groups is 2. The van der Waals surface area contributed by atoms with E-state index in [9.17, 15) is 18.0 Å². The van der Waals surface area contributed by atoms with Gasteiger partial charge in [0.05, 0.1) is 28.4 Å². The Hall–Kier alpha value is -3.39. The maximum atomic E-state index is 13.4. The first-order chi connectivity index (χ1) is 19.3. The molecule has 11 nitrogen and oxygen atoms in total. The van der Waals surface area contributed by atoms with Gasteiger partial charge in [-0.2, -0.15) is 0 Å². The van der Waals surface area contributed by atoms with Crippen LogP contribution in [-0.2, 0) is 28.8 Å². The highest BCUT2D eigenvalue weighted by Gasteiger charge is 2.37. The molecular weight excluding hydrogens is 558 g/mol. The fourth-order valence-electron chi connectivity index (χ4n) is 4.17. The Morgan fingerprint density at radius 3 is 2.52 bits per heavy atom. The van der Waals surface area contributed by atoms with Gasteiger partial charge in [-0.1, -0.05) is 23.3 Å². The number of amides is 1. The van der Waals surface area contributed by atoms with Crippen LogP contribution in [-0.4, -0.2) is 61.7 Å². The molecular formula is C27H29N3O8S2. The number of esters is 1. The number of benzene rings is 2. The van der Waals surface area contributed by atoms with Crippen LogP contribution in [0, 0.1) is 0 Å². The number of nitrogens with one attached hydrogen (secondary N) is 1. The van der Waals surface area contributed by atoms with E-state index in [1.54, 1.807) is 37.3 Å². The molecule has 1 atom stereocenters. The number of hydrogen-bond acceptors (Lipinski definition) is 11. The molecule has 2 aliphatic rings. The number of carbonyl (C=O) groups excluding carboxylic acids is 2. The minimum atomic E-state index is -3.35. The Bertz CT molecular complexity index is 1450. The second-order valence-corrected chi connectivity index (χ2v) is 12.5. The van der Waals surface area contributed by atoms with Gasteiger partial charge < -0.3 is 18.9 Å². The van der Waals surface area contributed by atoms with Crippen molar-refractivity contribution < 1.29 is 37.0 Å². The van der Waals surface area contributed by atoms with E-state index in [0.717, 1.165) is 11.3 Å². The second kappa shape index (κ2) is 12.4. The summed E-state index contributed by atoms with van der Waals surface area (Å²) in [6.45, 7) is 3.05. The predicted molar refractivity (Wildman–Crippen MR) is 145 cm³/mol. The van der Waals surface area contributed by atoms with Gasteiger partial charge >= 0.3 is 11.2 Å². The Kier molecular flexibility index (Phi) is 8.74. The fourth-order valence-corrected chi connectivity index (χ4v) is 6.45. The summed E-state index contributed by atoms with van der Waals surface area (Å²) in [5.41, 5.74) is 0.858. The van der Waals surface area contributed by atoms with Gasteiger partial charge in [0.1, 0.15) is 5.75 Å². The molecule has 5 rings (SSSR count). The first-order valence-corrected chi connectivity index (χ1v) is 15.4. The van der Waals surface area contributed by atoms with E-state index in [4.69, 9.17) is 18.9 Å². The second-order valence-electron chi connectivity index (χ2n) is 9.35. The molecule has 2 heterocycles. The van der Waals surface area contributed by atoms with Crippen LogP contribution in [0.4, 0.5) is 5.13 Å². The van der Waals surface area contributed by atoms with Crippen molar-refractivity contribution in [2.45, 2.75) is 55.0 Å². The van der Waals surface area contributed by atoms with Crippen molar-refractivity contribution in [1.82, 2.24) is 10.2 Å². The molecule has 1 saturated heterocycles. The predicted octanol–water partition coefficient (Wildman–Crippen LogP) is 4.32. The molecule has 1 N–H and O–H groups in total. The minimum absolute atomic E-state index is 0.160. The minimum Gasteiger partial charge on any atom is -0.462 e. The highest BCUT2D eigenvalue weighted by molar-refractivity contribution is 7.92. The van der Waals surface area contributed by atoms with Gasteiger partial charge in [0.15, 0.2) is 15.9 Å². The van der Waals surface area contributed by atoms with Crippen LogP contribution in [0.1, 0.15) is 54.6 Å². The lowest BCUT2D eigenvalue weighted by Crippen LogP contribution is -2.31. The van der Waals surface area contributed by atoms with Crippen LogP contribution in [0.25, 0.3) is 0 Å². The third-order valence-electron chi connectivity index (χ3n) is 6.40. The summed E-state index contributed by atoms with van der Waals surface area (Å²) in [6, 6.07) is 12.7. The summed E-state index contributed by atoms with van der Waals surface area (Å²) in [6.07, 6.45) is 1.42. The molecule has 40 heavy (non-hydrogen) atoms. The number of anilines is 1. The van der Waals surface area contributed by atoms with Crippen molar-refractivity contribution in [2.24, 2.45) is 0 Å². The monoisotopic (exact) mass is 587 g/mol. The molecule has 2 fully saturated rings. The van der Waals surface area contributed by atoms with Crippen LogP contribution in [0.5, 0.6) is 10.9 Å². The Labute approximate surface area is 235 Å². The van der Waals surface area contributed by atoms with Gasteiger partial charge in [0, 0.05) is 13.2 Å². The standard InChI is InChI=1S/C27H29N3O8S2/c1-2-36-25(32)18-4-3-5-20(16-18)38-27-30-29-26(39-27)28-24(31)23(37-19-12-14-35-15-13-19)17-6-8-21(9-7-17)40(33,34)22-10-11-22/h3-9,16,19,22-23H,2,10-15H2,1H3,(H,28,29,31). The number of nitrogens with zero attached hydrogens (tertiary/aromatic N) is 2. The van der Waals surface area contributed by atoms with Gasteiger partial charge in [-0.05, 0) is 79.8 Å². The molecule has 0 bridgehead atoms.